The number of methoxy groups -OCH3 is 1. The minimum atomic E-state index is -0.455. The first kappa shape index (κ1) is 12.2. The van der Waals surface area contributed by atoms with E-state index in [9.17, 15) is 4.79 Å². The molecule has 1 aromatic heterocycles. The molecule has 0 saturated heterocycles. The van der Waals surface area contributed by atoms with E-state index in [1.54, 1.807) is 6.20 Å². The normalized spacial score (nSPS) is 10.1. The number of esters is 1. The summed E-state index contributed by atoms with van der Waals surface area (Å²) in [5.41, 5.74) is 2.41. The topological polar surface area (TPSA) is 52.1 Å². The first-order valence-electron chi connectivity index (χ1n) is 5.75. The molecule has 0 aliphatic carbocycles. The Kier molecular flexibility index (Phi) is 3.67. The number of hydrogen-bond donors (Lipinski definition) is 0. The van der Waals surface area contributed by atoms with E-state index in [2.05, 4.69) is 21.6 Å². The van der Waals surface area contributed by atoms with Gasteiger partial charge in [0.2, 0.25) is 0 Å². The number of carbonyl (C=O) groups excluding carboxylic acids is 1. The van der Waals surface area contributed by atoms with Crippen LogP contribution in [0.5, 0.6) is 0 Å². The molecule has 0 unspecified atom stereocenters. The van der Waals surface area contributed by atoms with Crippen LogP contribution in [-0.4, -0.2) is 23.0 Å². The zero-order valence-corrected chi connectivity index (χ0v) is 10.4. The molecule has 4 nitrogen and oxygen atoms in total. The maximum atomic E-state index is 11.4. The molecule has 18 heavy (non-hydrogen) atoms. The van der Waals surface area contributed by atoms with Crippen molar-refractivity contribution in [2.45, 2.75) is 13.3 Å². The Morgan fingerprint density at radius 3 is 2.56 bits per heavy atom. The summed E-state index contributed by atoms with van der Waals surface area (Å²) in [5.74, 6) is 0.0735. The van der Waals surface area contributed by atoms with Crippen LogP contribution >= 0.6 is 0 Å². The van der Waals surface area contributed by atoms with Crippen LogP contribution in [0.4, 0.5) is 0 Å². The van der Waals surface area contributed by atoms with Gasteiger partial charge in [0.05, 0.1) is 7.11 Å². The fraction of sp³-hybridized carbons (Fsp3) is 0.214. The Morgan fingerprint density at radius 2 is 1.94 bits per heavy atom. The third kappa shape index (κ3) is 2.53. The first-order chi connectivity index (χ1) is 8.74. The Balaban J connectivity index is 2.35. The number of aromatic nitrogens is 2. The summed E-state index contributed by atoms with van der Waals surface area (Å²) in [5, 5.41) is 0. The van der Waals surface area contributed by atoms with Gasteiger partial charge in [-0.25, -0.2) is 14.8 Å². The van der Waals surface area contributed by atoms with Crippen LogP contribution in [0.3, 0.4) is 0 Å². The highest BCUT2D eigenvalue weighted by atomic mass is 16.5. The first-order valence-corrected chi connectivity index (χ1v) is 5.75. The molecular weight excluding hydrogens is 228 g/mol. The summed E-state index contributed by atoms with van der Waals surface area (Å²) in [6.45, 7) is 2.10. The average Bonchev–Trinajstić information content (AvgIpc) is 2.46. The number of ether oxygens (including phenoxy) is 1. The predicted molar refractivity (Wildman–Crippen MR) is 68.2 cm³/mol. The lowest BCUT2D eigenvalue weighted by molar-refractivity contribution is 0.0594. The van der Waals surface area contributed by atoms with E-state index in [4.69, 9.17) is 0 Å². The van der Waals surface area contributed by atoms with Crippen LogP contribution in [0, 0.1) is 0 Å². The van der Waals surface area contributed by atoms with Crippen molar-refractivity contribution >= 4 is 5.97 Å². The van der Waals surface area contributed by atoms with Gasteiger partial charge in [-0.2, -0.15) is 0 Å². The molecular formula is C14H14N2O2. The number of aryl methyl sites for hydroxylation is 1. The van der Waals surface area contributed by atoms with Gasteiger partial charge in [0.25, 0.3) is 0 Å². The zero-order chi connectivity index (χ0) is 13.0. The average molecular weight is 242 g/mol. The Morgan fingerprint density at radius 1 is 1.22 bits per heavy atom. The van der Waals surface area contributed by atoms with Crippen LogP contribution in [0.1, 0.15) is 23.0 Å². The molecule has 0 aliphatic rings. The number of rotatable bonds is 3. The Hall–Kier alpha value is -2.23. The largest absolute Gasteiger partial charge is 0.464 e. The van der Waals surface area contributed by atoms with Crippen LogP contribution in [0.25, 0.3) is 11.4 Å². The molecule has 1 aromatic carbocycles. The van der Waals surface area contributed by atoms with Gasteiger partial charge in [0.1, 0.15) is 0 Å². The highest BCUT2D eigenvalue weighted by molar-refractivity contribution is 5.87. The molecule has 2 aromatic rings. The van der Waals surface area contributed by atoms with Crippen LogP contribution in [-0.2, 0) is 11.2 Å². The quantitative estimate of drug-likeness (QED) is 0.776. The van der Waals surface area contributed by atoms with E-state index in [0.717, 1.165) is 12.0 Å². The van der Waals surface area contributed by atoms with Crippen molar-refractivity contribution in [2.24, 2.45) is 0 Å². The van der Waals surface area contributed by atoms with Gasteiger partial charge in [-0.15, -0.1) is 0 Å². The summed E-state index contributed by atoms with van der Waals surface area (Å²) in [4.78, 5) is 19.7. The van der Waals surface area contributed by atoms with E-state index in [1.807, 2.05) is 24.3 Å². The lowest BCUT2D eigenvalue weighted by atomic mass is 10.1. The van der Waals surface area contributed by atoms with E-state index in [0.29, 0.717) is 5.82 Å². The van der Waals surface area contributed by atoms with Gasteiger partial charge in [-0.3, -0.25) is 0 Å². The molecule has 0 saturated carbocycles. The van der Waals surface area contributed by atoms with Crippen LogP contribution < -0.4 is 0 Å². The highest BCUT2D eigenvalue weighted by Crippen LogP contribution is 2.16. The molecule has 0 radical (unpaired) electrons. The molecule has 0 atom stereocenters. The minimum Gasteiger partial charge on any atom is -0.464 e. The maximum Gasteiger partial charge on any atom is 0.356 e. The monoisotopic (exact) mass is 242 g/mol. The smallest absolute Gasteiger partial charge is 0.356 e. The lowest BCUT2D eigenvalue weighted by Crippen LogP contribution is -2.05. The second-order valence-corrected chi connectivity index (χ2v) is 3.81. The molecule has 0 N–H and O–H groups in total. The van der Waals surface area contributed by atoms with Crippen molar-refractivity contribution in [3.8, 4) is 11.4 Å². The van der Waals surface area contributed by atoms with Crippen LogP contribution in [0.2, 0.25) is 0 Å². The summed E-state index contributed by atoms with van der Waals surface area (Å²) >= 11 is 0. The molecule has 0 bridgehead atoms. The third-order valence-corrected chi connectivity index (χ3v) is 2.67. The van der Waals surface area contributed by atoms with E-state index >= 15 is 0 Å². The molecule has 92 valence electrons. The van der Waals surface area contributed by atoms with Crippen LogP contribution in [0.15, 0.2) is 36.5 Å². The number of hydrogen-bond acceptors (Lipinski definition) is 4. The van der Waals surface area contributed by atoms with E-state index in [-0.39, 0.29) is 5.69 Å². The fourth-order valence-electron chi connectivity index (χ4n) is 1.61. The molecule has 1 heterocycles. The van der Waals surface area contributed by atoms with Gasteiger partial charge in [0, 0.05) is 11.8 Å². The Labute approximate surface area is 106 Å². The number of carbonyl (C=O) groups is 1. The lowest BCUT2D eigenvalue weighted by Gasteiger charge is -2.03. The predicted octanol–water partition coefficient (Wildman–Crippen LogP) is 2.49. The molecule has 0 aliphatic heterocycles. The van der Waals surface area contributed by atoms with Gasteiger partial charge in [-0.05, 0) is 18.1 Å². The second kappa shape index (κ2) is 5.40. The van der Waals surface area contributed by atoms with Gasteiger partial charge >= 0.3 is 5.97 Å². The zero-order valence-electron chi connectivity index (χ0n) is 10.4. The Bertz CT molecular complexity index is 550. The molecule has 0 amide bonds. The van der Waals surface area contributed by atoms with Gasteiger partial charge < -0.3 is 4.74 Å². The molecule has 2 rings (SSSR count). The summed E-state index contributed by atoms with van der Waals surface area (Å²) in [6, 6.07) is 9.51. The summed E-state index contributed by atoms with van der Waals surface area (Å²) in [7, 11) is 1.33. The number of nitrogens with zero attached hydrogens (tertiary/aromatic N) is 2. The molecule has 4 heteroatoms. The summed E-state index contributed by atoms with van der Waals surface area (Å²) in [6.07, 6.45) is 2.55. The van der Waals surface area contributed by atoms with Crippen molar-refractivity contribution in [1.29, 1.82) is 0 Å². The molecule has 0 spiro atoms. The van der Waals surface area contributed by atoms with Crippen molar-refractivity contribution in [2.75, 3.05) is 7.11 Å². The SMILES string of the molecule is CCc1ccc(-c2nccc(C(=O)OC)n2)cc1. The molecule has 0 fully saturated rings. The van der Waals surface area contributed by atoms with Gasteiger partial charge in [0.15, 0.2) is 11.5 Å². The van der Waals surface area contributed by atoms with Crippen molar-refractivity contribution in [3.05, 3.63) is 47.8 Å². The minimum absolute atomic E-state index is 0.266. The van der Waals surface area contributed by atoms with E-state index < -0.39 is 5.97 Å². The maximum absolute atomic E-state index is 11.4. The second-order valence-electron chi connectivity index (χ2n) is 3.81. The third-order valence-electron chi connectivity index (χ3n) is 2.67. The van der Waals surface area contributed by atoms with Crippen molar-refractivity contribution < 1.29 is 9.53 Å². The van der Waals surface area contributed by atoms with Crippen molar-refractivity contribution in [3.63, 3.8) is 0 Å². The fourth-order valence-corrected chi connectivity index (χ4v) is 1.61. The standard InChI is InChI=1S/C14H14N2O2/c1-3-10-4-6-11(7-5-10)13-15-9-8-12(16-13)14(17)18-2/h4-9H,3H2,1-2H3. The van der Waals surface area contributed by atoms with Crippen molar-refractivity contribution in [1.82, 2.24) is 9.97 Å². The van der Waals surface area contributed by atoms with E-state index in [1.165, 1.54) is 18.7 Å². The number of benzene rings is 1. The van der Waals surface area contributed by atoms with Gasteiger partial charge in [-0.1, -0.05) is 31.2 Å². The highest BCUT2D eigenvalue weighted by Gasteiger charge is 2.09. The summed E-state index contributed by atoms with van der Waals surface area (Å²) < 4.78 is 4.63.